The van der Waals surface area contributed by atoms with Gasteiger partial charge in [0.25, 0.3) is 0 Å². The van der Waals surface area contributed by atoms with Gasteiger partial charge in [0.15, 0.2) is 5.76 Å². The Labute approximate surface area is 99.9 Å². The maximum atomic E-state index is 8.86. The summed E-state index contributed by atoms with van der Waals surface area (Å²) in [6.45, 7) is 3.65. The second-order valence-corrected chi connectivity index (χ2v) is 3.65. The molecule has 0 aliphatic heterocycles. The number of nitrogens with one attached hydrogen (secondary N) is 1. The third kappa shape index (κ3) is 2.52. The maximum absolute atomic E-state index is 8.86. The van der Waals surface area contributed by atoms with Gasteiger partial charge in [-0.3, -0.25) is 0 Å². The van der Waals surface area contributed by atoms with E-state index >= 15 is 0 Å². The predicted molar refractivity (Wildman–Crippen MR) is 64.0 cm³/mol. The van der Waals surface area contributed by atoms with Gasteiger partial charge in [0, 0.05) is 17.7 Å². The minimum Gasteiger partial charge on any atom is -0.356 e. The monoisotopic (exact) mass is 227 g/mol. The van der Waals surface area contributed by atoms with Gasteiger partial charge in [0.05, 0.1) is 17.8 Å². The van der Waals surface area contributed by atoms with Crippen LogP contribution in [0.2, 0.25) is 0 Å². The van der Waals surface area contributed by atoms with Crippen molar-refractivity contribution in [2.24, 2.45) is 0 Å². The summed E-state index contributed by atoms with van der Waals surface area (Å²) >= 11 is 0. The maximum Gasteiger partial charge on any atom is 0.171 e. The highest BCUT2D eigenvalue weighted by molar-refractivity contribution is 5.62. The summed E-state index contributed by atoms with van der Waals surface area (Å²) < 4.78 is 5.25. The van der Waals surface area contributed by atoms with E-state index in [0.717, 1.165) is 23.4 Å². The van der Waals surface area contributed by atoms with E-state index in [9.17, 15) is 0 Å². The van der Waals surface area contributed by atoms with Crippen molar-refractivity contribution in [3.63, 3.8) is 0 Å². The molecule has 4 heteroatoms. The molecule has 1 heterocycles. The van der Waals surface area contributed by atoms with Crippen LogP contribution in [0.15, 0.2) is 35.0 Å². The number of aromatic nitrogens is 1. The molecule has 0 unspecified atom stereocenters. The van der Waals surface area contributed by atoms with E-state index in [1.807, 2.05) is 19.1 Å². The summed E-state index contributed by atoms with van der Waals surface area (Å²) in [6, 6.07) is 9.44. The normalized spacial score (nSPS) is 10.1. The molecule has 86 valence electrons. The van der Waals surface area contributed by atoms with Crippen LogP contribution in [0.4, 0.5) is 0 Å². The zero-order valence-electron chi connectivity index (χ0n) is 9.60. The molecule has 1 aromatic carbocycles. The molecule has 0 bridgehead atoms. The quantitative estimate of drug-likeness (QED) is 0.870. The van der Waals surface area contributed by atoms with E-state index in [2.05, 4.69) is 16.5 Å². The molecule has 1 N–H and O–H groups in total. The van der Waals surface area contributed by atoms with Crippen molar-refractivity contribution in [1.29, 1.82) is 5.26 Å². The summed E-state index contributed by atoms with van der Waals surface area (Å²) in [5.74, 6) is 0.725. The predicted octanol–water partition coefficient (Wildman–Crippen LogP) is 2.32. The van der Waals surface area contributed by atoms with Crippen LogP contribution < -0.4 is 5.32 Å². The number of rotatable bonds is 4. The van der Waals surface area contributed by atoms with Gasteiger partial charge in [-0.25, -0.2) is 0 Å². The summed E-state index contributed by atoms with van der Waals surface area (Å²) in [6.07, 6.45) is 1.71. The first-order valence-electron chi connectivity index (χ1n) is 5.50. The first-order valence-corrected chi connectivity index (χ1v) is 5.50. The van der Waals surface area contributed by atoms with Gasteiger partial charge in [0.1, 0.15) is 0 Å². The van der Waals surface area contributed by atoms with E-state index in [0.29, 0.717) is 12.1 Å². The minimum atomic E-state index is 0.619. The molecular formula is C13H13N3O. The summed E-state index contributed by atoms with van der Waals surface area (Å²) in [4.78, 5) is 0. The molecule has 2 rings (SSSR count). The van der Waals surface area contributed by atoms with Gasteiger partial charge in [-0.2, -0.15) is 5.26 Å². The van der Waals surface area contributed by atoms with E-state index in [1.165, 1.54) is 0 Å². The molecular weight excluding hydrogens is 214 g/mol. The number of hydrogen-bond acceptors (Lipinski definition) is 4. The fourth-order valence-corrected chi connectivity index (χ4v) is 1.61. The third-order valence-corrected chi connectivity index (χ3v) is 2.46. The third-order valence-electron chi connectivity index (χ3n) is 2.46. The van der Waals surface area contributed by atoms with E-state index in [4.69, 9.17) is 9.78 Å². The van der Waals surface area contributed by atoms with Crippen LogP contribution in [0, 0.1) is 11.3 Å². The van der Waals surface area contributed by atoms with Gasteiger partial charge in [0.2, 0.25) is 0 Å². The van der Waals surface area contributed by atoms with Crippen molar-refractivity contribution in [2.75, 3.05) is 6.54 Å². The summed E-state index contributed by atoms with van der Waals surface area (Å²) in [5, 5.41) is 15.9. The fraction of sp³-hybridized carbons (Fsp3) is 0.231. The zero-order chi connectivity index (χ0) is 12.1. The topological polar surface area (TPSA) is 61.9 Å². The van der Waals surface area contributed by atoms with Gasteiger partial charge < -0.3 is 9.84 Å². The molecule has 0 aliphatic carbocycles. The second kappa shape index (κ2) is 5.28. The van der Waals surface area contributed by atoms with Crippen molar-refractivity contribution in [3.8, 4) is 17.4 Å². The molecule has 0 saturated carbocycles. The molecule has 0 atom stereocenters. The van der Waals surface area contributed by atoms with Crippen molar-refractivity contribution < 1.29 is 4.52 Å². The Morgan fingerprint density at radius 2 is 2.35 bits per heavy atom. The molecule has 0 aliphatic rings. The van der Waals surface area contributed by atoms with Gasteiger partial charge >= 0.3 is 0 Å². The van der Waals surface area contributed by atoms with Crippen molar-refractivity contribution in [1.82, 2.24) is 10.5 Å². The van der Waals surface area contributed by atoms with Crippen LogP contribution in [0.5, 0.6) is 0 Å². The lowest BCUT2D eigenvalue weighted by Crippen LogP contribution is -2.11. The SMILES string of the molecule is CCNCc1cnoc1-c1cccc(C#N)c1. The summed E-state index contributed by atoms with van der Waals surface area (Å²) in [5.41, 5.74) is 2.50. The van der Waals surface area contributed by atoms with Crippen molar-refractivity contribution >= 4 is 0 Å². The second-order valence-electron chi connectivity index (χ2n) is 3.65. The molecule has 0 amide bonds. The minimum absolute atomic E-state index is 0.619. The first-order chi connectivity index (χ1) is 8.35. The number of hydrogen-bond donors (Lipinski definition) is 1. The first kappa shape index (κ1) is 11.4. The molecule has 0 fully saturated rings. The molecule has 0 saturated heterocycles. The molecule has 2 aromatic rings. The van der Waals surface area contributed by atoms with Gasteiger partial charge in [-0.15, -0.1) is 0 Å². The Bertz CT molecular complexity index is 540. The van der Waals surface area contributed by atoms with Crippen LogP contribution in [0.3, 0.4) is 0 Å². The number of nitrogens with zero attached hydrogens (tertiary/aromatic N) is 2. The molecule has 1 aromatic heterocycles. The van der Waals surface area contributed by atoms with E-state index in [1.54, 1.807) is 18.3 Å². The smallest absolute Gasteiger partial charge is 0.171 e. The van der Waals surface area contributed by atoms with E-state index in [-0.39, 0.29) is 0 Å². The van der Waals surface area contributed by atoms with Crippen molar-refractivity contribution in [2.45, 2.75) is 13.5 Å². The van der Waals surface area contributed by atoms with Crippen LogP contribution in [0.1, 0.15) is 18.1 Å². The average Bonchev–Trinajstić information content (AvgIpc) is 2.84. The molecule has 0 spiro atoms. The van der Waals surface area contributed by atoms with Gasteiger partial charge in [-0.05, 0) is 18.7 Å². The lowest BCUT2D eigenvalue weighted by molar-refractivity contribution is 0.431. The number of nitriles is 1. The Balaban J connectivity index is 2.33. The van der Waals surface area contributed by atoms with Crippen molar-refractivity contribution in [3.05, 3.63) is 41.6 Å². The Hall–Kier alpha value is -2.12. The Morgan fingerprint density at radius 3 is 3.12 bits per heavy atom. The zero-order valence-corrected chi connectivity index (χ0v) is 9.60. The highest BCUT2D eigenvalue weighted by Gasteiger charge is 2.10. The fourth-order valence-electron chi connectivity index (χ4n) is 1.61. The van der Waals surface area contributed by atoms with E-state index < -0.39 is 0 Å². The highest BCUT2D eigenvalue weighted by Crippen LogP contribution is 2.24. The largest absolute Gasteiger partial charge is 0.356 e. The Morgan fingerprint density at radius 1 is 1.47 bits per heavy atom. The number of benzene rings is 1. The molecule has 17 heavy (non-hydrogen) atoms. The van der Waals surface area contributed by atoms with Gasteiger partial charge in [-0.1, -0.05) is 24.2 Å². The standard InChI is InChI=1S/C13H13N3O/c1-2-15-8-12-9-16-17-13(12)11-5-3-4-10(6-11)7-14/h3-6,9,15H,2,8H2,1H3. The summed E-state index contributed by atoms with van der Waals surface area (Å²) in [7, 11) is 0. The molecule has 4 nitrogen and oxygen atoms in total. The highest BCUT2D eigenvalue weighted by atomic mass is 16.5. The van der Waals surface area contributed by atoms with Crippen LogP contribution in [0.25, 0.3) is 11.3 Å². The van der Waals surface area contributed by atoms with Crippen LogP contribution in [-0.2, 0) is 6.54 Å². The molecule has 0 radical (unpaired) electrons. The lowest BCUT2D eigenvalue weighted by atomic mass is 10.1. The van der Waals surface area contributed by atoms with Crippen LogP contribution >= 0.6 is 0 Å². The Kier molecular flexibility index (Phi) is 3.53. The lowest BCUT2D eigenvalue weighted by Gasteiger charge is -2.02. The van der Waals surface area contributed by atoms with Crippen LogP contribution in [-0.4, -0.2) is 11.7 Å². The average molecular weight is 227 g/mol.